The van der Waals surface area contributed by atoms with Gasteiger partial charge >= 0.3 is 0 Å². The van der Waals surface area contributed by atoms with E-state index in [9.17, 15) is 4.39 Å². The fraction of sp³-hybridized carbons (Fsp3) is 0.125. The summed E-state index contributed by atoms with van der Waals surface area (Å²) in [5, 5.41) is 11.3. The van der Waals surface area contributed by atoms with Crippen LogP contribution in [0.3, 0.4) is 0 Å². The van der Waals surface area contributed by atoms with Crippen LogP contribution >= 0.6 is 11.6 Å². The standard InChI is InChI=1S/C16H13ClFN7/c17-12-3-1-2-11(13(12)18)14-15-16(23-22-14)21-10(7-20-15)8-25-5-4-9(6-19)24-25/h1-5,7H,6,8,19H2,(H,21,22,23). The van der Waals surface area contributed by atoms with Crippen LogP contribution in [0.1, 0.15) is 11.4 Å². The minimum absolute atomic E-state index is 0.0348. The molecule has 0 aliphatic rings. The lowest BCUT2D eigenvalue weighted by Gasteiger charge is -2.03. The van der Waals surface area contributed by atoms with Crippen LogP contribution in [0.5, 0.6) is 0 Å². The Balaban J connectivity index is 1.70. The van der Waals surface area contributed by atoms with Crippen molar-refractivity contribution in [3.63, 3.8) is 0 Å². The molecule has 7 nitrogen and oxygen atoms in total. The topological polar surface area (TPSA) is 98.3 Å². The van der Waals surface area contributed by atoms with Crippen LogP contribution in [0.15, 0.2) is 36.7 Å². The fourth-order valence-electron chi connectivity index (χ4n) is 2.56. The largest absolute Gasteiger partial charge is 0.325 e. The number of halogens is 2. The highest BCUT2D eigenvalue weighted by molar-refractivity contribution is 6.31. The van der Waals surface area contributed by atoms with Crippen LogP contribution in [0, 0.1) is 5.82 Å². The Labute approximate surface area is 146 Å². The molecular weight excluding hydrogens is 345 g/mol. The average molecular weight is 358 g/mol. The Morgan fingerprint density at radius 3 is 2.92 bits per heavy atom. The molecule has 0 fully saturated rings. The third kappa shape index (κ3) is 2.86. The van der Waals surface area contributed by atoms with Crippen molar-refractivity contribution in [2.24, 2.45) is 5.73 Å². The van der Waals surface area contributed by atoms with E-state index in [1.807, 2.05) is 12.3 Å². The summed E-state index contributed by atoms with van der Waals surface area (Å²) < 4.78 is 16.0. The first kappa shape index (κ1) is 15.7. The number of benzene rings is 1. The first-order chi connectivity index (χ1) is 12.2. The Bertz CT molecular complexity index is 1060. The smallest absolute Gasteiger partial charge is 0.175 e. The van der Waals surface area contributed by atoms with Gasteiger partial charge in [0, 0.05) is 18.3 Å². The lowest BCUT2D eigenvalue weighted by Crippen LogP contribution is -2.05. The number of hydrogen-bond donors (Lipinski definition) is 2. The van der Waals surface area contributed by atoms with Gasteiger partial charge in [-0.05, 0) is 18.2 Å². The number of nitrogens with one attached hydrogen (secondary N) is 1. The summed E-state index contributed by atoms with van der Waals surface area (Å²) in [5.41, 5.74) is 8.65. The third-order valence-electron chi connectivity index (χ3n) is 3.76. The van der Waals surface area contributed by atoms with Gasteiger partial charge in [-0.3, -0.25) is 9.78 Å². The molecule has 0 radical (unpaired) electrons. The van der Waals surface area contributed by atoms with E-state index < -0.39 is 5.82 Å². The van der Waals surface area contributed by atoms with Crippen LogP contribution in [-0.4, -0.2) is 29.9 Å². The first-order valence-corrected chi connectivity index (χ1v) is 7.90. The second kappa shape index (κ2) is 6.23. The van der Waals surface area contributed by atoms with Gasteiger partial charge in [-0.15, -0.1) is 0 Å². The molecule has 1 aromatic carbocycles. The van der Waals surface area contributed by atoms with Crippen LogP contribution in [0.4, 0.5) is 4.39 Å². The van der Waals surface area contributed by atoms with Crippen molar-refractivity contribution >= 4 is 22.8 Å². The second-order valence-electron chi connectivity index (χ2n) is 5.44. The van der Waals surface area contributed by atoms with Crippen molar-refractivity contribution in [1.82, 2.24) is 29.9 Å². The SMILES string of the molecule is NCc1ccn(Cc2cnc3c(-c4cccc(Cl)c4F)n[nH]c3n2)n1. The molecule has 4 aromatic rings. The highest BCUT2D eigenvalue weighted by atomic mass is 35.5. The van der Waals surface area contributed by atoms with E-state index in [-0.39, 0.29) is 10.6 Å². The van der Waals surface area contributed by atoms with E-state index in [0.29, 0.717) is 35.6 Å². The minimum atomic E-state index is -0.533. The van der Waals surface area contributed by atoms with Crippen molar-refractivity contribution in [3.8, 4) is 11.3 Å². The number of fused-ring (bicyclic) bond motifs is 1. The third-order valence-corrected chi connectivity index (χ3v) is 4.05. The lowest BCUT2D eigenvalue weighted by molar-refractivity contribution is 0.631. The van der Waals surface area contributed by atoms with Gasteiger partial charge in [0.2, 0.25) is 0 Å². The van der Waals surface area contributed by atoms with Crippen molar-refractivity contribution in [2.75, 3.05) is 0 Å². The maximum atomic E-state index is 14.2. The summed E-state index contributed by atoms with van der Waals surface area (Å²) in [5.74, 6) is -0.533. The maximum Gasteiger partial charge on any atom is 0.175 e. The zero-order valence-electron chi connectivity index (χ0n) is 12.9. The molecule has 126 valence electrons. The lowest BCUT2D eigenvalue weighted by atomic mass is 10.1. The number of aromatic nitrogens is 6. The number of aromatic amines is 1. The molecule has 4 rings (SSSR count). The summed E-state index contributed by atoms with van der Waals surface area (Å²) in [6.45, 7) is 0.829. The van der Waals surface area contributed by atoms with Gasteiger partial charge in [0.1, 0.15) is 11.2 Å². The molecule has 3 heterocycles. The van der Waals surface area contributed by atoms with Gasteiger partial charge in [0.25, 0.3) is 0 Å². The molecule has 0 saturated heterocycles. The number of H-pyrrole nitrogens is 1. The van der Waals surface area contributed by atoms with E-state index in [0.717, 1.165) is 5.69 Å². The summed E-state index contributed by atoms with van der Waals surface area (Å²) in [6.07, 6.45) is 3.45. The van der Waals surface area contributed by atoms with E-state index in [1.54, 1.807) is 23.0 Å². The van der Waals surface area contributed by atoms with Crippen molar-refractivity contribution in [2.45, 2.75) is 13.1 Å². The summed E-state index contributed by atoms with van der Waals surface area (Å²) in [7, 11) is 0. The Hall–Kier alpha value is -2.84. The molecule has 0 saturated carbocycles. The zero-order valence-corrected chi connectivity index (χ0v) is 13.7. The van der Waals surface area contributed by atoms with E-state index in [4.69, 9.17) is 17.3 Å². The first-order valence-electron chi connectivity index (χ1n) is 7.52. The Morgan fingerprint density at radius 2 is 2.12 bits per heavy atom. The van der Waals surface area contributed by atoms with Crippen LogP contribution < -0.4 is 5.73 Å². The van der Waals surface area contributed by atoms with Gasteiger partial charge < -0.3 is 5.73 Å². The predicted molar refractivity (Wildman–Crippen MR) is 91.3 cm³/mol. The molecule has 0 atom stereocenters. The predicted octanol–water partition coefficient (Wildman–Crippen LogP) is 2.52. The maximum absolute atomic E-state index is 14.2. The molecule has 25 heavy (non-hydrogen) atoms. The van der Waals surface area contributed by atoms with Gasteiger partial charge in [-0.1, -0.05) is 17.7 Å². The van der Waals surface area contributed by atoms with Crippen LogP contribution in [-0.2, 0) is 13.1 Å². The van der Waals surface area contributed by atoms with Gasteiger partial charge in [-0.25, -0.2) is 14.4 Å². The molecular formula is C16H13ClFN7. The Morgan fingerprint density at radius 1 is 1.24 bits per heavy atom. The number of nitrogens with two attached hydrogens (primary N) is 1. The summed E-state index contributed by atoms with van der Waals surface area (Å²) in [4.78, 5) is 8.86. The van der Waals surface area contributed by atoms with Crippen LogP contribution in [0.25, 0.3) is 22.4 Å². The highest BCUT2D eigenvalue weighted by Crippen LogP contribution is 2.29. The molecule has 0 spiro atoms. The second-order valence-corrected chi connectivity index (χ2v) is 5.85. The highest BCUT2D eigenvalue weighted by Gasteiger charge is 2.16. The molecule has 0 aliphatic carbocycles. The van der Waals surface area contributed by atoms with Gasteiger partial charge in [-0.2, -0.15) is 10.2 Å². The molecule has 0 bridgehead atoms. The molecule has 0 aliphatic heterocycles. The minimum Gasteiger partial charge on any atom is -0.325 e. The number of hydrogen-bond acceptors (Lipinski definition) is 5. The monoisotopic (exact) mass is 357 g/mol. The van der Waals surface area contributed by atoms with Gasteiger partial charge in [0.05, 0.1) is 29.2 Å². The summed E-state index contributed by atoms with van der Waals surface area (Å²) >= 11 is 5.84. The number of rotatable bonds is 4. The van der Waals surface area contributed by atoms with Crippen molar-refractivity contribution in [1.29, 1.82) is 0 Å². The molecule has 3 aromatic heterocycles. The fourth-order valence-corrected chi connectivity index (χ4v) is 2.73. The number of nitrogens with zero attached hydrogens (tertiary/aromatic N) is 5. The van der Waals surface area contributed by atoms with Gasteiger partial charge in [0.15, 0.2) is 11.5 Å². The van der Waals surface area contributed by atoms with Crippen molar-refractivity contribution < 1.29 is 4.39 Å². The van der Waals surface area contributed by atoms with E-state index in [1.165, 1.54) is 6.07 Å². The van der Waals surface area contributed by atoms with Crippen LogP contribution in [0.2, 0.25) is 5.02 Å². The van der Waals surface area contributed by atoms with E-state index >= 15 is 0 Å². The molecule has 0 amide bonds. The zero-order chi connectivity index (χ0) is 17.4. The normalized spacial score (nSPS) is 11.3. The molecule has 9 heteroatoms. The van der Waals surface area contributed by atoms with E-state index in [2.05, 4.69) is 25.3 Å². The average Bonchev–Trinajstić information content (AvgIpc) is 3.24. The van der Waals surface area contributed by atoms with Crippen molar-refractivity contribution in [3.05, 3.63) is 58.9 Å². The quantitative estimate of drug-likeness (QED) is 0.584. The summed E-state index contributed by atoms with van der Waals surface area (Å²) in [6, 6.07) is 6.60. The molecule has 0 unspecified atom stereocenters. The Kier molecular flexibility index (Phi) is 3.90. The molecule has 3 N–H and O–H groups in total.